The molecular weight excluding hydrogens is 293 g/mol. The van der Waals surface area contributed by atoms with Crippen LogP contribution in [-0.4, -0.2) is 13.7 Å². The van der Waals surface area contributed by atoms with E-state index in [1.54, 1.807) is 19.2 Å². The van der Waals surface area contributed by atoms with Crippen LogP contribution in [0.4, 0.5) is 4.39 Å². The summed E-state index contributed by atoms with van der Waals surface area (Å²) in [6.07, 6.45) is 1.44. The number of methoxy groups -OCH3 is 1. The van der Waals surface area contributed by atoms with Crippen molar-refractivity contribution in [2.24, 2.45) is 0 Å². The lowest BCUT2D eigenvalue weighted by molar-refractivity contribution is 0.304. The van der Waals surface area contributed by atoms with Crippen LogP contribution in [-0.2, 0) is 6.42 Å². The van der Waals surface area contributed by atoms with E-state index in [0.717, 1.165) is 17.7 Å². The van der Waals surface area contributed by atoms with E-state index in [1.807, 2.05) is 18.2 Å². The number of hydrogen-bond acceptors (Lipinski definition) is 3. The van der Waals surface area contributed by atoms with Crippen molar-refractivity contribution in [3.63, 3.8) is 0 Å². The fourth-order valence-corrected chi connectivity index (χ4v) is 2.39. The number of rotatable bonds is 7. The summed E-state index contributed by atoms with van der Waals surface area (Å²) in [4.78, 5) is 0. The highest BCUT2D eigenvalue weighted by Crippen LogP contribution is 2.30. The van der Waals surface area contributed by atoms with Crippen molar-refractivity contribution in [1.29, 1.82) is 5.26 Å². The number of halogens is 1. The van der Waals surface area contributed by atoms with Gasteiger partial charge in [0.25, 0.3) is 0 Å². The van der Waals surface area contributed by atoms with E-state index in [9.17, 15) is 9.65 Å². The summed E-state index contributed by atoms with van der Waals surface area (Å²) in [6, 6.07) is 14.1. The molecule has 0 saturated carbocycles. The highest BCUT2D eigenvalue weighted by Gasteiger charge is 2.16. The maximum atomic E-state index is 12.9. The second-order valence-corrected chi connectivity index (χ2v) is 5.20. The lowest BCUT2D eigenvalue weighted by atomic mass is 9.94. The summed E-state index contributed by atoms with van der Waals surface area (Å²) < 4.78 is 23.8. The second kappa shape index (κ2) is 8.19. The van der Waals surface area contributed by atoms with Crippen molar-refractivity contribution in [2.75, 3.05) is 13.7 Å². The third-order valence-corrected chi connectivity index (χ3v) is 3.72. The summed E-state index contributed by atoms with van der Waals surface area (Å²) in [5.41, 5.74) is 2.05. The van der Waals surface area contributed by atoms with Crippen LogP contribution in [0, 0.1) is 17.1 Å². The van der Waals surface area contributed by atoms with Gasteiger partial charge in [0.05, 0.1) is 25.7 Å². The van der Waals surface area contributed by atoms with Gasteiger partial charge in [0.2, 0.25) is 0 Å². The standard InChI is InChI=1S/C19H20FNO2/c1-3-14-4-9-19(22-2)18(12-14)15(13-21)10-11-23-17-7-5-16(20)6-8-17/h4-9,12,15H,3,10-11H2,1-2H3. The molecular formula is C19H20FNO2. The van der Waals surface area contributed by atoms with Crippen LogP contribution < -0.4 is 9.47 Å². The Morgan fingerprint density at radius 3 is 2.52 bits per heavy atom. The zero-order chi connectivity index (χ0) is 16.7. The Hall–Kier alpha value is -2.54. The molecule has 0 bridgehead atoms. The number of nitrogens with zero attached hydrogens (tertiary/aromatic N) is 1. The van der Waals surface area contributed by atoms with E-state index in [0.29, 0.717) is 18.8 Å². The van der Waals surface area contributed by atoms with Crippen LogP contribution in [0.25, 0.3) is 0 Å². The first-order valence-electron chi connectivity index (χ1n) is 7.62. The molecule has 0 amide bonds. The molecule has 0 heterocycles. The molecule has 0 aliphatic heterocycles. The number of aryl methyl sites for hydroxylation is 1. The molecule has 0 aliphatic carbocycles. The van der Waals surface area contributed by atoms with E-state index in [1.165, 1.54) is 17.7 Å². The molecule has 23 heavy (non-hydrogen) atoms. The number of hydrogen-bond donors (Lipinski definition) is 0. The van der Waals surface area contributed by atoms with Crippen LogP contribution >= 0.6 is 0 Å². The lowest BCUT2D eigenvalue weighted by Gasteiger charge is -2.15. The van der Waals surface area contributed by atoms with Crippen LogP contribution in [0.3, 0.4) is 0 Å². The first kappa shape index (κ1) is 16.8. The van der Waals surface area contributed by atoms with E-state index < -0.39 is 0 Å². The molecule has 0 fully saturated rings. The van der Waals surface area contributed by atoms with E-state index in [-0.39, 0.29) is 11.7 Å². The summed E-state index contributed by atoms with van der Waals surface area (Å²) in [5, 5.41) is 9.49. The normalized spacial score (nSPS) is 11.6. The van der Waals surface area contributed by atoms with Gasteiger partial charge in [-0.2, -0.15) is 5.26 Å². The van der Waals surface area contributed by atoms with Gasteiger partial charge >= 0.3 is 0 Å². The molecule has 1 unspecified atom stereocenters. The molecule has 0 aliphatic rings. The van der Waals surface area contributed by atoms with Gasteiger partial charge in [0.1, 0.15) is 17.3 Å². The first-order valence-corrected chi connectivity index (χ1v) is 7.62. The van der Waals surface area contributed by atoms with Gasteiger partial charge < -0.3 is 9.47 Å². The Balaban J connectivity index is 2.05. The molecule has 0 saturated heterocycles. The van der Waals surface area contributed by atoms with Gasteiger partial charge in [0.15, 0.2) is 0 Å². The average molecular weight is 313 g/mol. The fourth-order valence-electron chi connectivity index (χ4n) is 2.39. The Morgan fingerprint density at radius 1 is 1.17 bits per heavy atom. The van der Waals surface area contributed by atoms with Crippen LogP contribution in [0.15, 0.2) is 42.5 Å². The van der Waals surface area contributed by atoms with Gasteiger partial charge in [-0.1, -0.05) is 19.1 Å². The number of ether oxygens (including phenoxy) is 2. The molecule has 3 nitrogen and oxygen atoms in total. The predicted molar refractivity (Wildman–Crippen MR) is 87.2 cm³/mol. The van der Waals surface area contributed by atoms with Crippen molar-refractivity contribution < 1.29 is 13.9 Å². The van der Waals surface area contributed by atoms with Gasteiger partial charge in [0, 0.05) is 12.0 Å². The highest BCUT2D eigenvalue weighted by atomic mass is 19.1. The predicted octanol–water partition coefficient (Wildman–Crippen LogP) is 4.47. The molecule has 0 aromatic heterocycles. The Labute approximate surface area is 136 Å². The van der Waals surface area contributed by atoms with Crippen molar-refractivity contribution in [3.05, 3.63) is 59.4 Å². The molecule has 0 N–H and O–H groups in total. The van der Waals surface area contributed by atoms with Gasteiger partial charge in [-0.25, -0.2) is 4.39 Å². The Morgan fingerprint density at radius 2 is 1.91 bits per heavy atom. The zero-order valence-electron chi connectivity index (χ0n) is 13.4. The minimum Gasteiger partial charge on any atom is -0.496 e. The van der Waals surface area contributed by atoms with Crippen molar-refractivity contribution >= 4 is 0 Å². The molecule has 2 aromatic rings. The van der Waals surface area contributed by atoms with E-state index in [4.69, 9.17) is 9.47 Å². The maximum absolute atomic E-state index is 12.9. The van der Waals surface area contributed by atoms with Crippen LogP contribution in [0.2, 0.25) is 0 Å². The minimum atomic E-state index is -0.308. The molecule has 120 valence electrons. The van der Waals surface area contributed by atoms with Gasteiger partial charge in [-0.05, 0) is 42.3 Å². The van der Waals surface area contributed by atoms with Gasteiger partial charge in [-0.3, -0.25) is 0 Å². The summed E-state index contributed by atoms with van der Waals surface area (Å²) in [6.45, 7) is 2.45. The average Bonchev–Trinajstić information content (AvgIpc) is 2.60. The molecule has 2 rings (SSSR count). The highest BCUT2D eigenvalue weighted by molar-refractivity contribution is 5.42. The molecule has 1 atom stereocenters. The van der Waals surface area contributed by atoms with Crippen LogP contribution in [0.1, 0.15) is 30.4 Å². The summed E-state index contributed by atoms with van der Waals surface area (Å²) in [5.74, 6) is 0.707. The quantitative estimate of drug-likeness (QED) is 0.757. The maximum Gasteiger partial charge on any atom is 0.123 e. The summed E-state index contributed by atoms with van der Waals surface area (Å²) in [7, 11) is 1.61. The zero-order valence-corrected chi connectivity index (χ0v) is 13.4. The summed E-state index contributed by atoms with van der Waals surface area (Å²) >= 11 is 0. The fraction of sp³-hybridized carbons (Fsp3) is 0.316. The van der Waals surface area contributed by atoms with Crippen molar-refractivity contribution in [2.45, 2.75) is 25.7 Å². The van der Waals surface area contributed by atoms with E-state index >= 15 is 0 Å². The SMILES string of the molecule is CCc1ccc(OC)c(C(C#N)CCOc2ccc(F)cc2)c1. The first-order chi connectivity index (χ1) is 11.2. The van der Waals surface area contributed by atoms with Crippen LogP contribution in [0.5, 0.6) is 11.5 Å². The van der Waals surface area contributed by atoms with Crippen molar-refractivity contribution in [1.82, 2.24) is 0 Å². The second-order valence-electron chi connectivity index (χ2n) is 5.20. The minimum absolute atomic E-state index is 0.298. The Kier molecular flexibility index (Phi) is 5.99. The largest absolute Gasteiger partial charge is 0.496 e. The molecule has 4 heteroatoms. The third-order valence-electron chi connectivity index (χ3n) is 3.72. The Bertz CT molecular complexity index is 677. The lowest BCUT2D eigenvalue weighted by Crippen LogP contribution is -2.06. The third kappa shape index (κ3) is 4.46. The smallest absolute Gasteiger partial charge is 0.123 e. The number of nitriles is 1. The molecule has 0 spiro atoms. The molecule has 2 aromatic carbocycles. The molecule has 0 radical (unpaired) electrons. The van der Waals surface area contributed by atoms with Crippen molar-refractivity contribution in [3.8, 4) is 17.6 Å². The monoisotopic (exact) mass is 313 g/mol. The topological polar surface area (TPSA) is 42.2 Å². The van der Waals surface area contributed by atoms with E-state index in [2.05, 4.69) is 13.0 Å². The number of benzene rings is 2. The van der Waals surface area contributed by atoms with Gasteiger partial charge in [-0.15, -0.1) is 0 Å².